The van der Waals surface area contributed by atoms with E-state index < -0.39 is 0 Å². The third kappa shape index (κ3) is 3.33. The topological polar surface area (TPSA) is 23.6 Å². The van der Waals surface area contributed by atoms with Crippen LogP contribution in [0.5, 0.6) is 0 Å². The maximum Gasteiger partial charge on any atom is 0.222 e. The van der Waals surface area contributed by atoms with Gasteiger partial charge in [-0.25, -0.2) is 0 Å². The zero-order valence-corrected chi connectivity index (χ0v) is 11.3. The fraction of sp³-hybridized carbons (Fsp3) is 0.533. The van der Waals surface area contributed by atoms with Crippen LogP contribution in [0.25, 0.3) is 0 Å². The van der Waals surface area contributed by atoms with Crippen molar-refractivity contribution in [2.75, 3.05) is 26.7 Å². The molecule has 1 aromatic carbocycles. The van der Waals surface area contributed by atoms with E-state index in [0.717, 1.165) is 26.1 Å². The first kappa shape index (κ1) is 13.1. The van der Waals surface area contributed by atoms with Gasteiger partial charge in [-0.2, -0.15) is 0 Å². The molecule has 1 saturated heterocycles. The van der Waals surface area contributed by atoms with Gasteiger partial charge in [-0.15, -0.1) is 0 Å². The molecule has 18 heavy (non-hydrogen) atoms. The second-order valence-electron chi connectivity index (χ2n) is 5.15. The first-order valence-electron chi connectivity index (χ1n) is 6.69. The summed E-state index contributed by atoms with van der Waals surface area (Å²) in [4.78, 5) is 16.4. The van der Waals surface area contributed by atoms with E-state index in [9.17, 15) is 4.79 Å². The minimum absolute atomic E-state index is 0.291. The Morgan fingerprint density at radius 2 is 2.00 bits per heavy atom. The zero-order valence-electron chi connectivity index (χ0n) is 11.3. The third-order valence-corrected chi connectivity index (χ3v) is 3.78. The number of piperazine rings is 1. The van der Waals surface area contributed by atoms with Crippen LogP contribution in [-0.4, -0.2) is 48.4 Å². The maximum atomic E-state index is 12.1. The Morgan fingerprint density at radius 3 is 2.67 bits per heavy atom. The Labute approximate surface area is 109 Å². The highest BCUT2D eigenvalue weighted by molar-refractivity contribution is 5.76. The highest BCUT2D eigenvalue weighted by Crippen LogP contribution is 2.10. The lowest BCUT2D eigenvalue weighted by atomic mass is 10.1. The highest BCUT2D eigenvalue weighted by Gasteiger charge is 2.23. The van der Waals surface area contributed by atoms with E-state index in [2.05, 4.69) is 31.0 Å². The molecule has 1 unspecified atom stereocenters. The van der Waals surface area contributed by atoms with Gasteiger partial charge in [-0.3, -0.25) is 4.79 Å². The Kier molecular flexibility index (Phi) is 4.37. The van der Waals surface area contributed by atoms with Crippen LogP contribution in [0.15, 0.2) is 30.3 Å². The summed E-state index contributed by atoms with van der Waals surface area (Å²) in [5.74, 6) is 0.291. The van der Waals surface area contributed by atoms with E-state index in [-0.39, 0.29) is 0 Å². The van der Waals surface area contributed by atoms with Crippen LogP contribution in [0.1, 0.15) is 18.9 Å². The number of carbonyl (C=O) groups excluding carboxylic acids is 1. The molecule has 2 rings (SSSR count). The number of hydrogen-bond donors (Lipinski definition) is 0. The van der Waals surface area contributed by atoms with Gasteiger partial charge in [0.1, 0.15) is 0 Å². The lowest BCUT2D eigenvalue weighted by molar-refractivity contribution is -0.133. The first-order valence-corrected chi connectivity index (χ1v) is 6.69. The minimum atomic E-state index is 0.291. The van der Waals surface area contributed by atoms with Gasteiger partial charge in [0.25, 0.3) is 0 Å². The van der Waals surface area contributed by atoms with Gasteiger partial charge in [0.05, 0.1) is 0 Å². The largest absolute Gasteiger partial charge is 0.340 e. The number of hydrogen-bond acceptors (Lipinski definition) is 2. The lowest BCUT2D eigenvalue weighted by Gasteiger charge is -2.37. The van der Waals surface area contributed by atoms with Crippen molar-refractivity contribution in [3.63, 3.8) is 0 Å². The molecule has 1 fully saturated rings. The molecule has 0 aromatic heterocycles. The van der Waals surface area contributed by atoms with Gasteiger partial charge in [-0.05, 0) is 26.0 Å². The van der Waals surface area contributed by atoms with Gasteiger partial charge >= 0.3 is 0 Å². The van der Waals surface area contributed by atoms with Crippen molar-refractivity contribution in [2.45, 2.75) is 25.8 Å². The summed E-state index contributed by atoms with van der Waals surface area (Å²) < 4.78 is 0. The van der Waals surface area contributed by atoms with Crippen LogP contribution in [0, 0.1) is 0 Å². The van der Waals surface area contributed by atoms with Crippen LogP contribution in [0.4, 0.5) is 0 Å². The first-order chi connectivity index (χ1) is 8.66. The number of nitrogens with zero attached hydrogens (tertiary/aromatic N) is 2. The number of aryl methyl sites for hydroxylation is 1. The molecule has 0 radical (unpaired) electrons. The smallest absolute Gasteiger partial charge is 0.222 e. The average molecular weight is 246 g/mol. The molecular formula is C15H22N2O. The van der Waals surface area contributed by atoms with Gasteiger partial charge in [0.15, 0.2) is 0 Å². The summed E-state index contributed by atoms with van der Waals surface area (Å²) in [5, 5.41) is 0. The third-order valence-electron chi connectivity index (χ3n) is 3.78. The van der Waals surface area contributed by atoms with Crippen molar-refractivity contribution in [2.24, 2.45) is 0 Å². The second kappa shape index (κ2) is 6.01. The molecule has 1 aliphatic heterocycles. The van der Waals surface area contributed by atoms with E-state index in [1.165, 1.54) is 5.56 Å². The Balaban J connectivity index is 1.82. The maximum absolute atomic E-state index is 12.1. The minimum Gasteiger partial charge on any atom is -0.340 e. The molecular weight excluding hydrogens is 224 g/mol. The summed E-state index contributed by atoms with van der Waals surface area (Å²) in [5.41, 5.74) is 1.24. The van der Waals surface area contributed by atoms with Gasteiger partial charge in [-0.1, -0.05) is 30.3 Å². The van der Waals surface area contributed by atoms with E-state index in [4.69, 9.17) is 0 Å². The molecule has 0 saturated carbocycles. The Morgan fingerprint density at radius 1 is 1.28 bits per heavy atom. The predicted molar refractivity (Wildman–Crippen MR) is 73.4 cm³/mol. The molecule has 1 amide bonds. The van der Waals surface area contributed by atoms with Crippen molar-refractivity contribution >= 4 is 5.91 Å². The molecule has 0 spiro atoms. The molecule has 1 atom stereocenters. The fourth-order valence-corrected chi connectivity index (χ4v) is 2.33. The van der Waals surface area contributed by atoms with Crippen LogP contribution < -0.4 is 0 Å². The molecule has 0 N–H and O–H groups in total. The lowest BCUT2D eigenvalue weighted by Crippen LogP contribution is -2.52. The average Bonchev–Trinajstić information content (AvgIpc) is 2.40. The summed E-state index contributed by atoms with van der Waals surface area (Å²) in [6.45, 7) is 4.90. The molecule has 3 heteroatoms. The molecule has 0 bridgehead atoms. The van der Waals surface area contributed by atoms with E-state index in [1.807, 2.05) is 23.1 Å². The van der Waals surface area contributed by atoms with Crippen LogP contribution >= 0.6 is 0 Å². The van der Waals surface area contributed by atoms with Crippen molar-refractivity contribution in [1.29, 1.82) is 0 Å². The number of likely N-dealkylation sites (N-methyl/N-ethyl adjacent to an activating group) is 1. The van der Waals surface area contributed by atoms with Crippen LogP contribution in [0.2, 0.25) is 0 Å². The van der Waals surface area contributed by atoms with Gasteiger partial charge in [0, 0.05) is 32.1 Å². The number of rotatable bonds is 3. The van der Waals surface area contributed by atoms with Crippen molar-refractivity contribution in [3.8, 4) is 0 Å². The van der Waals surface area contributed by atoms with Crippen molar-refractivity contribution in [1.82, 2.24) is 9.80 Å². The summed E-state index contributed by atoms with van der Waals surface area (Å²) in [6.07, 6.45) is 1.47. The Bertz CT molecular complexity index is 391. The van der Waals surface area contributed by atoms with Crippen LogP contribution in [0.3, 0.4) is 0 Å². The van der Waals surface area contributed by atoms with Gasteiger partial charge in [0.2, 0.25) is 5.91 Å². The van der Waals surface area contributed by atoms with E-state index in [0.29, 0.717) is 18.4 Å². The van der Waals surface area contributed by atoms with E-state index in [1.54, 1.807) is 0 Å². The van der Waals surface area contributed by atoms with Crippen molar-refractivity contribution < 1.29 is 4.79 Å². The predicted octanol–water partition coefficient (Wildman–Crippen LogP) is 1.78. The summed E-state index contributed by atoms with van der Waals surface area (Å²) in [7, 11) is 2.12. The summed E-state index contributed by atoms with van der Waals surface area (Å²) >= 11 is 0. The molecule has 1 aromatic rings. The monoisotopic (exact) mass is 246 g/mol. The molecule has 98 valence electrons. The molecule has 3 nitrogen and oxygen atoms in total. The van der Waals surface area contributed by atoms with Gasteiger partial charge < -0.3 is 9.80 Å². The Hall–Kier alpha value is -1.35. The van der Waals surface area contributed by atoms with Crippen molar-refractivity contribution in [3.05, 3.63) is 35.9 Å². The normalized spacial score (nSPS) is 21.0. The number of benzene rings is 1. The van der Waals surface area contributed by atoms with E-state index >= 15 is 0 Å². The second-order valence-corrected chi connectivity index (χ2v) is 5.15. The standard InChI is InChI=1S/C15H22N2O/c1-13-12-17(11-10-16(13)2)15(18)9-8-14-6-4-3-5-7-14/h3-7,13H,8-12H2,1-2H3. The van der Waals surface area contributed by atoms with Crippen LogP contribution in [-0.2, 0) is 11.2 Å². The summed E-state index contributed by atoms with van der Waals surface area (Å²) in [6, 6.07) is 10.7. The fourth-order valence-electron chi connectivity index (χ4n) is 2.33. The number of amides is 1. The highest BCUT2D eigenvalue weighted by atomic mass is 16.2. The molecule has 1 aliphatic rings. The SMILES string of the molecule is CC1CN(C(=O)CCc2ccccc2)CCN1C. The molecule has 0 aliphatic carbocycles. The quantitative estimate of drug-likeness (QED) is 0.811. The number of carbonyl (C=O) groups is 1. The zero-order chi connectivity index (χ0) is 13.0. The molecule has 1 heterocycles.